The number of allylic oxidation sites excluding steroid dienone is 1. The Labute approximate surface area is 177 Å². The van der Waals surface area contributed by atoms with Gasteiger partial charge >= 0.3 is 6.09 Å². The maximum absolute atomic E-state index is 13.1. The largest absolute Gasteiger partial charge is 0.496 e. The number of ether oxygens (including phenoxy) is 2. The molecule has 29 heavy (non-hydrogen) atoms. The molecule has 2 aromatic rings. The Balaban J connectivity index is 1.66. The first-order chi connectivity index (χ1) is 14.1. The summed E-state index contributed by atoms with van der Waals surface area (Å²) in [6.45, 7) is 2.63. The van der Waals surface area contributed by atoms with Crippen molar-refractivity contribution in [2.45, 2.75) is 4.90 Å². The first-order valence-electron chi connectivity index (χ1n) is 9.15. The van der Waals surface area contributed by atoms with Gasteiger partial charge in [-0.3, -0.25) is 4.79 Å². The van der Waals surface area contributed by atoms with Crippen molar-refractivity contribution in [1.82, 2.24) is 10.2 Å². The first kappa shape index (κ1) is 19.8. The molecule has 0 saturated carbocycles. The van der Waals surface area contributed by atoms with E-state index in [2.05, 4.69) is 5.32 Å². The van der Waals surface area contributed by atoms with E-state index < -0.39 is 6.09 Å². The van der Waals surface area contributed by atoms with Gasteiger partial charge in [-0.1, -0.05) is 41.6 Å². The van der Waals surface area contributed by atoms with Crippen LogP contribution in [0.15, 0.2) is 46.2 Å². The summed E-state index contributed by atoms with van der Waals surface area (Å²) < 4.78 is 11.0. The number of ketones is 1. The van der Waals surface area contributed by atoms with Crippen LogP contribution in [-0.4, -0.2) is 50.1 Å². The van der Waals surface area contributed by atoms with Crippen LogP contribution >= 0.6 is 23.4 Å². The van der Waals surface area contributed by atoms with Gasteiger partial charge in [0, 0.05) is 31.2 Å². The third-order valence-electron chi connectivity index (χ3n) is 4.73. The standard InChI is InChI=1S/C21H19ClN2O4S/c1-27-15-6-7-16(28-21(26)24-10-8-23-9-11-24)20-18(15)19(25)17(29-20)12-13-4-2-3-5-14(13)22/h2-7,12,23H,8-11H2,1H3/b17-12-. The monoisotopic (exact) mass is 430 g/mol. The molecule has 0 radical (unpaired) electrons. The lowest BCUT2D eigenvalue weighted by atomic mass is 10.1. The van der Waals surface area contributed by atoms with Crippen molar-refractivity contribution in [2.75, 3.05) is 33.3 Å². The van der Waals surface area contributed by atoms with Crippen LogP contribution < -0.4 is 14.8 Å². The summed E-state index contributed by atoms with van der Waals surface area (Å²) in [5.41, 5.74) is 1.15. The predicted molar refractivity (Wildman–Crippen MR) is 113 cm³/mol. The van der Waals surface area contributed by atoms with Crippen molar-refractivity contribution < 1.29 is 19.1 Å². The van der Waals surface area contributed by atoms with Gasteiger partial charge in [0.2, 0.25) is 5.78 Å². The second-order valence-electron chi connectivity index (χ2n) is 6.54. The van der Waals surface area contributed by atoms with Gasteiger partial charge < -0.3 is 19.7 Å². The molecule has 0 unspecified atom stereocenters. The number of nitrogens with one attached hydrogen (secondary N) is 1. The van der Waals surface area contributed by atoms with Gasteiger partial charge in [-0.2, -0.15) is 0 Å². The van der Waals surface area contributed by atoms with Crippen LogP contribution in [0.3, 0.4) is 0 Å². The van der Waals surface area contributed by atoms with Crippen molar-refractivity contribution >= 4 is 41.3 Å². The van der Waals surface area contributed by atoms with E-state index >= 15 is 0 Å². The van der Waals surface area contributed by atoms with Crippen LogP contribution in [0.5, 0.6) is 11.5 Å². The maximum Gasteiger partial charge on any atom is 0.415 e. The number of fused-ring (bicyclic) bond motifs is 1. The number of nitrogens with zero attached hydrogens (tertiary/aromatic N) is 1. The van der Waals surface area contributed by atoms with Gasteiger partial charge in [-0.15, -0.1) is 0 Å². The normalized spacial score (nSPS) is 17.4. The Morgan fingerprint density at radius 1 is 1.17 bits per heavy atom. The molecule has 1 fully saturated rings. The zero-order chi connectivity index (χ0) is 20.4. The lowest BCUT2D eigenvalue weighted by molar-refractivity contribution is 0.104. The molecule has 2 aliphatic rings. The smallest absolute Gasteiger partial charge is 0.415 e. The minimum Gasteiger partial charge on any atom is -0.496 e. The van der Waals surface area contributed by atoms with E-state index in [1.165, 1.54) is 18.9 Å². The predicted octanol–water partition coefficient (Wildman–Crippen LogP) is 4.08. The van der Waals surface area contributed by atoms with Crippen molar-refractivity contribution in [1.29, 1.82) is 0 Å². The van der Waals surface area contributed by atoms with E-state index in [-0.39, 0.29) is 5.78 Å². The van der Waals surface area contributed by atoms with Crippen LogP contribution in [0.4, 0.5) is 4.79 Å². The second kappa shape index (κ2) is 8.49. The molecule has 0 aromatic heterocycles. The molecule has 2 aliphatic heterocycles. The number of amides is 1. The van der Waals surface area contributed by atoms with Gasteiger partial charge in [0.15, 0.2) is 0 Å². The van der Waals surface area contributed by atoms with Crippen molar-refractivity contribution in [3.8, 4) is 11.5 Å². The summed E-state index contributed by atoms with van der Waals surface area (Å²) in [4.78, 5) is 28.3. The Kier molecular flexibility index (Phi) is 5.80. The highest BCUT2D eigenvalue weighted by molar-refractivity contribution is 8.05. The van der Waals surface area contributed by atoms with E-state index in [0.717, 1.165) is 18.7 Å². The van der Waals surface area contributed by atoms with Crippen molar-refractivity contribution in [3.63, 3.8) is 0 Å². The van der Waals surface area contributed by atoms with Crippen LogP contribution in [0, 0.1) is 0 Å². The molecule has 2 aromatic carbocycles. The summed E-state index contributed by atoms with van der Waals surface area (Å²) in [6, 6.07) is 10.6. The lowest BCUT2D eigenvalue weighted by Gasteiger charge is -2.26. The maximum atomic E-state index is 13.1. The summed E-state index contributed by atoms with van der Waals surface area (Å²) in [5, 5.41) is 3.75. The third kappa shape index (κ3) is 3.99. The fraction of sp³-hybridized carbons (Fsp3) is 0.238. The number of rotatable bonds is 3. The summed E-state index contributed by atoms with van der Waals surface area (Å²) in [5.74, 6) is 0.620. The second-order valence-corrected chi connectivity index (χ2v) is 8.00. The molecule has 1 amide bonds. The average molecular weight is 431 g/mol. The highest BCUT2D eigenvalue weighted by Gasteiger charge is 2.34. The molecule has 8 heteroatoms. The number of hydrogen-bond donors (Lipinski definition) is 1. The van der Waals surface area contributed by atoms with Crippen LogP contribution in [0.2, 0.25) is 5.02 Å². The Hall–Kier alpha value is -2.48. The number of benzene rings is 2. The van der Waals surface area contributed by atoms with E-state index in [0.29, 0.717) is 45.0 Å². The molecule has 0 atom stereocenters. The number of halogens is 1. The molecule has 150 valence electrons. The highest BCUT2D eigenvalue weighted by atomic mass is 35.5. The van der Waals surface area contributed by atoms with Gasteiger partial charge in [0.25, 0.3) is 0 Å². The molecular formula is C21H19ClN2O4S. The minimum absolute atomic E-state index is 0.179. The zero-order valence-electron chi connectivity index (χ0n) is 15.7. The minimum atomic E-state index is -0.421. The van der Waals surface area contributed by atoms with Gasteiger partial charge in [-0.25, -0.2) is 4.79 Å². The fourth-order valence-electron chi connectivity index (χ4n) is 3.23. The Morgan fingerprint density at radius 3 is 2.62 bits per heavy atom. The summed E-state index contributed by atoms with van der Waals surface area (Å²) in [6.07, 6.45) is 1.33. The van der Waals surface area contributed by atoms with E-state index in [4.69, 9.17) is 21.1 Å². The van der Waals surface area contributed by atoms with E-state index in [1.54, 1.807) is 29.2 Å². The molecule has 4 rings (SSSR count). The number of carbonyl (C=O) groups excluding carboxylic acids is 2. The third-order valence-corrected chi connectivity index (χ3v) is 6.21. The summed E-state index contributed by atoms with van der Waals surface area (Å²) in [7, 11) is 1.51. The Morgan fingerprint density at radius 2 is 1.90 bits per heavy atom. The number of hydrogen-bond acceptors (Lipinski definition) is 6. The number of thioether (sulfide) groups is 1. The molecule has 1 N–H and O–H groups in total. The number of piperazine rings is 1. The topological polar surface area (TPSA) is 67.9 Å². The fourth-order valence-corrected chi connectivity index (χ4v) is 4.52. The Bertz CT molecular complexity index is 1000. The molecule has 6 nitrogen and oxygen atoms in total. The molecule has 2 heterocycles. The summed E-state index contributed by atoms with van der Waals surface area (Å²) >= 11 is 7.49. The molecule has 0 spiro atoms. The zero-order valence-corrected chi connectivity index (χ0v) is 17.3. The number of carbonyl (C=O) groups is 2. The lowest BCUT2D eigenvalue weighted by Crippen LogP contribution is -2.47. The number of Topliss-reactive ketones (excluding diaryl/α,β-unsaturated/α-hetero) is 1. The molecule has 1 saturated heterocycles. The van der Waals surface area contributed by atoms with Crippen LogP contribution in [0.1, 0.15) is 15.9 Å². The average Bonchev–Trinajstić information content (AvgIpc) is 3.07. The van der Waals surface area contributed by atoms with Crippen molar-refractivity contribution in [3.05, 3.63) is 57.5 Å². The molecule has 0 bridgehead atoms. The van der Waals surface area contributed by atoms with Crippen LogP contribution in [-0.2, 0) is 0 Å². The van der Waals surface area contributed by atoms with E-state index in [1.807, 2.05) is 18.2 Å². The van der Waals surface area contributed by atoms with Gasteiger partial charge in [0.1, 0.15) is 11.5 Å². The molecule has 0 aliphatic carbocycles. The first-order valence-corrected chi connectivity index (χ1v) is 10.3. The van der Waals surface area contributed by atoms with Crippen LogP contribution in [0.25, 0.3) is 6.08 Å². The van der Waals surface area contributed by atoms with Gasteiger partial charge in [-0.05, 0) is 29.8 Å². The van der Waals surface area contributed by atoms with E-state index in [9.17, 15) is 9.59 Å². The quantitative estimate of drug-likeness (QED) is 0.740. The number of methoxy groups -OCH3 is 1. The highest BCUT2D eigenvalue weighted by Crippen LogP contribution is 2.49. The van der Waals surface area contributed by atoms with Crippen molar-refractivity contribution in [2.24, 2.45) is 0 Å². The van der Waals surface area contributed by atoms with Gasteiger partial charge in [0.05, 0.1) is 22.5 Å². The molecular weight excluding hydrogens is 412 g/mol. The SMILES string of the molecule is COc1ccc(OC(=O)N2CCNCC2)c2c1C(=O)/C(=C/c1ccccc1Cl)S2.